The molecule has 104 valence electrons. The number of nitrogens with zero attached hydrogens (tertiary/aromatic N) is 1. The Balaban J connectivity index is 2.82. The Bertz CT molecular complexity index is 477. The number of carbonyl (C=O) groups is 1. The molecule has 8 heteroatoms. The number of nitro groups is 1. The lowest BCUT2D eigenvalue weighted by atomic mass is 10.2. The lowest BCUT2D eigenvalue weighted by Gasteiger charge is -2.12. The summed E-state index contributed by atoms with van der Waals surface area (Å²) in [5.41, 5.74) is 5.37. The van der Waals surface area contributed by atoms with Crippen molar-refractivity contribution in [2.45, 2.75) is 12.5 Å². The van der Waals surface area contributed by atoms with E-state index in [-0.39, 0.29) is 30.2 Å². The first-order valence-electron chi connectivity index (χ1n) is 5.44. The Morgan fingerprint density at radius 3 is 2.84 bits per heavy atom. The SMILES string of the molecule is COC(CN)CC(=O)Nc1ccc(Br)cc1[N+](=O)[O-]. The van der Waals surface area contributed by atoms with Gasteiger partial charge in [-0.05, 0) is 12.1 Å². The second kappa shape index (κ2) is 7.17. The number of amides is 1. The van der Waals surface area contributed by atoms with Crippen LogP contribution in [0.4, 0.5) is 11.4 Å². The third-order valence-corrected chi connectivity index (χ3v) is 2.93. The second-order valence-electron chi connectivity index (χ2n) is 3.76. The van der Waals surface area contributed by atoms with Crippen molar-refractivity contribution in [2.75, 3.05) is 19.0 Å². The lowest BCUT2D eigenvalue weighted by Crippen LogP contribution is -2.28. The molecule has 1 rings (SSSR count). The number of ether oxygens (including phenoxy) is 1. The van der Waals surface area contributed by atoms with Gasteiger partial charge >= 0.3 is 0 Å². The van der Waals surface area contributed by atoms with Crippen LogP contribution < -0.4 is 11.1 Å². The molecule has 7 nitrogen and oxygen atoms in total. The molecule has 0 aromatic heterocycles. The lowest BCUT2D eigenvalue weighted by molar-refractivity contribution is -0.384. The molecular weight excluding hydrogens is 318 g/mol. The summed E-state index contributed by atoms with van der Waals surface area (Å²) in [6.45, 7) is 0.201. The third-order valence-electron chi connectivity index (χ3n) is 2.44. The van der Waals surface area contributed by atoms with Crippen molar-refractivity contribution < 1.29 is 14.5 Å². The van der Waals surface area contributed by atoms with E-state index in [9.17, 15) is 14.9 Å². The number of carbonyl (C=O) groups excluding carboxylic acids is 1. The summed E-state index contributed by atoms with van der Waals surface area (Å²) in [7, 11) is 1.45. The molecule has 1 aromatic carbocycles. The zero-order chi connectivity index (χ0) is 14.4. The average Bonchev–Trinajstić information content (AvgIpc) is 2.37. The molecule has 19 heavy (non-hydrogen) atoms. The number of nitrogens with two attached hydrogens (primary N) is 1. The fourth-order valence-electron chi connectivity index (χ4n) is 1.43. The standard InChI is InChI=1S/C11H14BrN3O4/c1-19-8(6-13)5-11(16)14-9-3-2-7(12)4-10(9)15(17)18/h2-4,8H,5-6,13H2,1H3,(H,14,16). The van der Waals surface area contributed by atoms with E-state index in [0.717, 1.165) is 0 Å². The van der Waals surface area contributed by atoms with Gasteiger partial charge in [0.05, 0.1) is 17.4 Å². The molecule has 1 aromatic rings. The molecule has 1 amide bonds. The summed E-state index contributed by atoms with van der Waals surface area (Å²) in [5.74, 6) is -0.386. The summed E-state index contributed by atoms with van der Waals surface area (Å²) in [4.78, 5) is 22.0. The highest BCUT2D eigenvalue weighted by atomic mass is 79.9. The van der Waals surface area contributed by atoms with Crippen molar-refractivity contribution in [2.24, 2.45) is 5.73 Å². The average molecular weight is 332 g/mol. The molecule has 1 atom stereocenters. The number of rotatable bonds is 6. The van der Waals surface area contributed by atoms with Gasteiger partial charge in [0, 0.05) is 24.2 Å². The Kier molecular flexibility index (Phi) is 5.87. The summed E-state index contributed by atoms with van der Waals surface area (Å²) < 4.78 is 5.54. The van der Waals surface area contributed by atoms with Gasteiger partial charge in [-0.3, -0.25) is 14.9 Å². The Hall–Kier alpha value is -1.51. The van der Waals surface area contributed by atoms with E-state index in [1.807, 2.05) is 0 Å². The van der Waals surface area contributed by atoms with E-state index in [4.69, 9.17) is 10.5 Å². The number of hydrogen-bond acceptors (Lipinski definition) is 5. The minimum Gasteiger partial charge on any atom is -0.380 e. The topological polar surface area (TPSA) is 107 Å². The summed E-state index contributed by atoms with van der Waals surface area (Å²) in [5, 5.41) is 13.4. The fourth-order valence-corrected chi connectivity index (χ4v) is 1.78. The summed E-state index contributed by atoms with van der Waals surface area (Å²) in [6, 6.07) is 4.40. The number of anilines is 1. The number of benzene rings is 1. The van der Waals surface area contributed by atoms with E-state index in [1.54, 1.807) is 6.07 Å². The number of nitrogens with one attached hydrogen (secondary N) is 1. The molecule has 0 aliphatic carbocycles. The van der Waals surface area contributed by atoms with Gasteiger partial charge in [0.2, 0.25) is 5.91 Å². The molecule has 0 radical (unpaired) electrons. The van der Waals surface area contributed by atoms with Crippen LogP contribution in [0.2, 0.25) is 0 Å². The van der Waals surface area contributed by atoms with Crippen molar-refractivity contribution in [3.8, 4) is 0 Å². The minimum atomic E-state index is -0.558. The number of halogens is 1. The number of methoxy groups -OCH3 is 1. The molecule has 0 aliphatic heterocycles. The molecular formula is C11H14BrN3O4. The van der Waals surface area contributed by atoms with Gasteiger partial charge in [0.25, 0.3) is 5.69 Å². The van der Waals surface area contributed by atoms with Gasteiger partial charge in [0.1, 0.15) is 5.69 Å². The molecule has 0 saturated heterocycles. The van der Waals surface area contributed by atoms with E-state index < -0.39 is 11.0 Å². The van der Waals surface area contributed by atoms with E-state index >= 15 is 0 Å². The van der Waals surface area contributed by atoms with E-state index in [0.29, 0.717) is 4.47 Å². The van der Waals surface area contributed by atoms with Crippen LogP contribution in [0, 0.1) is 10.1 Å². The summed E-state index contributed by atoms with van der Waals surface area (Å²) >= 11 is 3.14. The van der Waals surface area contributed by atoms with Crippen LogP contribution in [-0.2, 0) is 9.53 Å². The Labute approximate surface area is 118 Å². The molecule has 0 heterocycles. The zero-order valence-corrected chi connectivity index (χ0v) is 11.8. The molecule has 3 N–H and O–H groups in total. The van der Waals surface area contributed by atoms with Crippen LogP contribution in [-0.4, -0.2) is 30.6 Å². The van der Waals surface area contributed by atoms with Gasteiger partial charge in [0.15, 0.2) is 0 Å². The second-order valence-corrected chi connectivity index (χ2v) is 4.68. The summed E-state index contributed by atoms with van der Waals surface area (Å²) in [6.07, 6.45) is -0.366. The maximum Gasteiger partial charge on any atom is 0.293 e. The monoisotopic (exact) mass is 331 g/mol. The molecule has 1 unspecified atom stereocenters. The van der Waals surface area contributed by atoms with Gasteiger partial charge in [-0.1, -0.05) is 15.9 Å². The fraction of sp³-hybridized carbons (Fsp3) is 0.364. The first kappa shape index (κ1) is 15.5. The van der Waals surface area contributed by atoms with Crippen molar-refractivity contribution in [3.63, 3.8) is 0 Å². The predicted octanol–water partition coefficient (Wildman–Crippen LogP) is 1.66. The molecule has 0 aliphatic rings. The van der Waals surface area contributed by atoms with Crippen molar-refractivity contribution in [1.29, 1.82) is 0 Å². The van der Waals surface area contributed by atoms with Crippen molar-refractivity contribution in [1.82, 2.24) is 0 Å². The maximum absolute atomic E-state index is 11.7. The van der Waals surface area contributed by atoms with Crippen LogP contribution in [0.15, 0.2) is 22.7 Å². The van der Waals surface area contributed by atoms with E-state index in [1.165, 1.54) is 19.2 Å². The smallest absolute Gasteiger partial charge is 0.293 e. The largest absolute Gasteiger partial charge is 0.380 e. The first-order valence-corrected chi connectivity index (χ1v) is 6.24. The molecule has 0 saturated carbocycles. The maximum atomic E-state index is 11.7. The highest BCUT2D eigenvalue weighted by Crippen LogP contribution is 2.28. The van der Waals surface area contributed by atoms with Crippen LogP contribution in [0.5, 0.6) is 0 Å². The van der Waals surface area contributed by atoms with Crippen LogP contribution in [0.25, 0.3) is 0 Å². The van der Waals surface area contributed by atoms with Crippen LogP contribution >= 0.6 is 15.9 Å². The highest BCUT2D eigenvalue weighted by molar-refractivity contribution is 9.10. The van der Waals surface area contributed by atoms with Crippen LogP contribution in [0.1, 0.15) is 6.42 Å². The number of hydrogen-bond donors (Lipinski definition) is 2. The molecule has 0 spiro atoms. The quantitative estimate of drug-likeness (QED) is 0.608. The third kappa shape index (κ3) is 4.58. The predicted molar refractivity (Wildman–Crippen MR) is 73.9 cm³/mol. The van der Waals surface area contributed by atoms with Crippen molar-refractivity contribution in [3.05, 3.63) is 32.8 Å². The van der Waals surface area contributed by atoms with Gasteiger partial charge in [-0.2, -0.15) is 0 Å². The Morgan fingerprint density at radius 2 is 2.32 bits per heavy atom. The van der Waals surface area contributed by atoms with E-state index in [2.05, 4.69) is 21.2 Å². The zero-order valence-electron chi connectivity index (χ0n) is 10.3. The molecule has 0 bridgehead atoms. The highest BCUT2D eigenvalue weighted by Gasteiger charge is 2.18. The van der Waals surface area contributed by atoms with Gasteiger partial charge in [-0.25, -0.2) is 0 Å². The van der Waals surface area contributed by atoms with Gasteiger partial charge in [-0.15, -0.1) is 0 Å². The molecule has 0 fully saturated rings. The normalized spacial score (nSPS) is 11.9. The van der Waals surface area contributed by atoms with Crippen molar-refractivity contribution >= 4 is 33.2 Å². The Morgan fingerprint density at radius 1 is 1.63 bits per heavy atom. The number of nitro benzene ring substituents is 1. The van der Waals surface area contributed by atoms with Gasteiger partial charge < -0.3 is 15.8 Å². The minimum absolute atomic E-state index is 0.0419. The first-order chi connectivity index (χ1) is 8.97. The van der Waals surface area contributed by atoms with Crippen LogP contribution in [0.3, 0.4) is 0 Å².